The van der Waals surface area contributed by atoms with Gasteiger partial charge in [-0.25, -0.2) is 9.59 Å². The molecule has 1 fully saturated rings. The topological polar surface area (TPSA) is 142 Å². The first-order valence-corrected chi connectivity index (χ1v) is 11.1. The van der Waals surface area contributed by atoms with Crippen molar-refractivity contribution >= 4 is 23.5 Å². The second-order valence-corrected chi connectivity index (χ2v) is 7.97. The van der Waals surface area contributed by atoms with Gasteiger partial charge in [-0.05, 0) is 35.2 Å². The molecule has 2 heterocycles. The van der Waals surface area contributed by atoms with E-state index in [0.717, 1.165) is 51.3 Å². The van der Waals surface area contributed by atoms with E-state index in [2.05, 4.69) is 40.5 Å². The number of carbonyl (C=O) groups is 3. The van der Waals surface area contributed by atoms with E-state index in [1.807, 2.05) is 12.1 Å². The molecule has 1 unspecified atom stereocenters. The molecule has 0 aromatic heterocycles. The summed E-state index contributed by atoms with van der Waals surface area (Å²) in [4.78, 5) is 33.2. The molecule has 5 N–H and O–H groups in total. The average Bonchev–Trinajstić information content (AvgIpc) is 2.84. The Morgan fingerprint density at radius 2 is 1.74 bits per heavy atom. The summed E-state index contributed by atoms with van der Waals surface area (Å²) in [6.07, 6.45) is 2.95. The highest BCUT2D eigenvalue weighted by Crippen LogP contribution is 2.31. The molecule has 1 saturated heterocycles. The van der Waals surface area contributed by atoms with Gasteiger partial charge in [0.1, 0.15) is 0 Å². The lowest BCUT2D eigenvalue weighted by Crippen LogP contribution is -2.44. The van der Waals surface area contributed by atoms with Crippen molar-refractivity contribution in [1.82, 2.24) is 5.32 Å². The summed E-state index contributed by atoms with van der Waals surface area (Å²) in [6.45, 7) is 4.35. The quantitative estimate of drug-likeness (QED) is 0.471. The number of carboxylic acids is 2. The fraction of sp³-hybridized carbons (Fsp3) is 0.320. The molecule has 1 amide bonds. The van der Waals surface area contributed by atoms with Crippen molar-refractivity contribution in [2.45, 2.75) is 18.9 Å². The summed E-state index contributed by atoms with van der Waals surface area (Å²) >= 11 is 0. The summed E-state index contributed by atoms with van der Waals surface area (Å²) in [5, 5.41) is 19.0. The van der Waals surface area contributed by atoms with Gasteiger partial charge >= 0.3 is 11.9 Å². The number of ether oxygens (including phenoxy) is 1. The van der Waals surface area contributed by atoms with E-state index < -0.39 is 11.9 Å². The summed E-state index contributed by atoms with van der Waals surface area (Å²) in [6, 6.07) is 14.5. The average molecular weight is 468 g/mol. The Balaban J connectivity index is 0.000000350. The SMILES string of the molecule is NC(=O)c1ccc(CC2OCCc3ccccc32)cc1N1CCNCC1.O=C(O)C=CC(=O)O. The van der Waals surface area contributed by atoms with Gasteiger partial charge in [0.2, 0.25) is 0 Å². The summed E-state index contributed by atoms with van der Waals surface area (Å²) in [5.41, 5.74) is 11.0. The van der Waals surface area contributed by atoms with Gasteiger partial charge in [0.05, 0.1) is 18.3 Å². The molecule has 0 spiro atoms. The Morgan fingerprint density at radius 3 is 2.38 bits per heavy atom. The van der Waals surface area contributed by atoms with Gasteiger partial charge in [0.15, 0.2) is 0 Å². The largest absolute Gasteiger partial charge is 0.478 e. The number of hydrogen-bond acceptors (Lipinski definition) is 6. The molecule has 0 saturated carbocycles. The molecular weight excluding hydrogens is 438 g/mol. The molecule has 2 aliphatic heterocycles. The number of primary amides is 1. The van der Waals surface area contributed by atoms with Crippen LogP contribution in [0.25, 0.3) is 0 Å². The molecule has 9 nitrogen and oxygen atoms in total. The number of hydrogen-bond donors (Lipinski definition) is 4. The van der Waals surface area contributed by atoms with Crippen LogP contribution in [0.3, 0.4) is 0 Å². The van der Waals surface area contributed by atoms with Gasteiger partial charge in [0, 0.05) is 50.4 Å². The number of benzene rings is 2. The van der Waals surface area contributed by atoms with E-state index in [9.17, 15) is 14.4 Å². The van der Waals surface area contributed by atoms with Crippen LogP contribution in [0, 0.1) is 0 Å². The third-order valence-corrected chi connectivity index (χ3v) is 5.67. The number of fused-ring (bicyclic) bond motifs is 1. The first-order valence-electron chi connectivity index (χ1n) is 11.1. The maximum Gasteiger partial charge on any atom is 0.328 e. The van der Waals surface area contributed by atoms with Crippen LogP contribution in [0.4, 0.5) is 5.69 Å². The molecule has 2 aromatic carbocycles. The monoisotopic (exact) mass is 467 g/mol. The number of piperazine rings is 1. The van der Waals surface area contributed by atoms with Gasteiger partial charge in [-0.3, -0.25) is 4.79 Å². The van der Waals surface area contributed by atoms with E-state index >= 15 is 0 Å². The Labute approximate surface area is 197 Å². The Morgan fingerprint density at radius 1 is 1.06 bits per heavy atom. The second kappa shape index (κ2) is 12.0. The van der Waals surface area contributed by atoms with Crippen molar-refractivity contribution in [2.24, 2.45) is 5.73 Å². The molecule has 0 aliphatic carbocycles. The Hall–Kier alpha value is -3.69. The summed E-state index contributed by atoms with van der Waals surface area (Å²) in [7, 11) is 0. The highest BCUT2D eigenvalue weighted by Gasteiger charge is 2.23. The van der Waals surface area contributed by atoms with Crippen LogP contribution in [-0.4, -0.2) is 60.8 Å². The second-order valence-electron chi connectivity index (χ2n) is 7.97. The van der Waals surface area contributed by atoms with Gasteiger partial charge in [0.25, 0.3) is 5.91 Å². The molecule has 34 heavy (non-hydrogen) atoms. The van der Waals surface area contributed by atoms with Crippen molar-refractivity contribution in [3.8, 4) is 0 Å². The summed E-state index contributed by atoms with van der Waals surface area (Å²) in [5.74, 6) is -2.89. The third-order valence-electron chi connectivity index (χ3n) is 5.67. The van der Waals surface area contributed by atoms with Crippen LogP contribution in [0.5, 0.6) is 0 Å². The standard InChI is InChI=1S/C21H25N3O2.C4H4O4/c22-21(25)18-6-5-15(13-19(18)24-10-8-23-9-11-24)14-20-17-4-2-1-3-16(17)7-12-26-20;5-3(6)1-2-4(7)8/h1-6,13,20,23H,7-12,14H2,(H2,22,25);1-2H,(H,5,6)(H,7,8). The number of rotatable bonds is 6. The normalized spacial score (nSPS) is 17.4. The minimum absolute atomic E-state index is 0.0650. The lowest BCUT2D eigenvalue weighted by molar-refractivity contribution is -0.134. The molecule has 0 bridgehead atoms. The first kappa shape index (κ1) is 24.9. The van der Waals surface area contributed by atoms with E-state index in [1.54, 1.807) is 0 Å². The number of carbonyl (C=O) groups excluding carboxylic acids is 1. The van der Waals surface area contributed by atoms with E-state index in [0.29, 0.717) is 17.7 Å². The molecule has 180 valence electrons. The number of nitrogens with one attached hydrogen (secondary N) is 1. The number of aliphatic carboxylic acids is 2. The zero-order valence-corrected chi connectivity index (χ0v) is 18.8. The highest BCUT2D eigenvalue weighted by molar-refractivity contribution is 5.98. The number of nitrogens with zero attached hydrogens (tertiary/aromatic N) is 1. The predicted molar refractivity (Wildman–Crippen MR) is 127 cm³/mol. The van der Waals surface area contributed by atoms with E-state index in [1.165, 1.54) is 16.7 Å². The molecule has 1 atom stereocenters. The van der Waals surface area contributed by atoms with Crippen molar-refractivity contribution in [2.75, 3.05) is 37.7 Å². The van der Waals surface area contributed by atoms with Gasteiger partial charge in [-0.2, -0.15) is 0 Å². The maximum atomic E-state index is 11.9. The maximum absolute atomic E-state index is 11.9. The van der Waals surface area contributed by atoms with Gasteiger partial charge < -0.3 is 30.9 Å². The summed E-state index contributed by atoms with van der Waals surface area (Å²) < 4.78 is 6.06. The predicted octanol–water partition coefficient (Wildman–Crippen LogP) is 1.76. The molecule has 0 radical (unpaired) electrons. The smallest absolute Gasteiger partial charge is 0.328 e. The number of amides is 1. The van der Waals surface area contributed by atoms with Crippen molar-refractivity contribution in [1.29, 1.82) is 0 Å². The van der Waals surface area contributed by atoms with Crippen molar-refractivity contribution in [3.63, 3.8) is 0 Å². The van der Waals surface area contributed by atoms with Crippen LogP contribution in [0.15, 0.2) is 54.6 Å². The Bertz CT molecular complexity index is 1050. The number of nitrogens with two attached hydrogens (primary N) is 1. The van der Waals surface area contributed by atoms with Crippen LogP contribution < -0.4 is 16.0 Å². The third kappa shape index (κ3) is 6.90. The zero-order chi connectivity index (χ0) is 24.5. The van der Waals surface area contributed by atoms with E-state index in [4.69, 9.17) is 20.7 Å². The molecule has 4 rings (SSSR count). The van der Waals surface area contributed by atoms with Crippen molar-refractivity contribution < 1.29 is 29.3 Å². The minimum Gasteiger partial charge on any atom is -0.478 e. The Kier molecular flexibility index (Phi) is 8.78. The van der Waals surface area contributed by atoms with Crippen LogP contribution in [0.2, 0.25) is 0 Å². The van der Waals surface area contributed by atoms with Crippen LogP contribution >= 0.6 is 0 Å². The van der Waals surface area contributed by atoms with Gasteiger partial charge in [-0.1, -0.05) is 30.3 Å². The number of carboxylic acid groups (broad SMARTS) is 2. The van der Waals surface area contributed by atoms with Crippen LogP contribution in [0.1, 0.15) is 33.2 Å². The minimum atomic E-state index is -1.26. The zero-order valence-electron chi connectivity index (χ0n) is 18.8. The molecule has 2 aromatic rings. The molecule has 9 heteroatoms. The fourth-order valence-electron chi connectivity index (χ4n) is 4.08. The van der Waals surface area contributed by atoms with Crippen LogP contribution in [-0.2, 0) is 27.2 Å². The molecular formula is C25H29N3O6. The van der Waals surface area contributed by atoms with Gasteiger partial charge in [-0.15, -0.1) is 0 Å². The fourth-order valence-corrected chi connectivity index (χ4v) is 4.08. The first-order chi connectivity index (χ1) is 16.3. The van der Waals surface area contributed by atoms with Crippen molar-refractivity contribution in [3.05, 3.63) is 76.9 Å². The lowest BCUT2D eigenvalue weighted by atomic mass is 9.93. The van der Waals surface area contributed by atoms with E-state index in [-0.39, 0.29) is 12.0 Å². The lowest BCUT2D eigenvalue weighted by Gasteiger charge is -2.31. The highest BCUT2D eigenvalue weighted by atomic mass is 16.5. The molecule has 2 aliphatic rings. The number of anilines is 1.